The lowest BCUT2D eigenvalue weighted by atomic mass is 9.95. The lowest BCUT2D eigenvalue weighted by Gasteiger charge is -2.32. The maximum absolute atomic E-state index is 13.6. The van der Waals surface area contributed by atoms with Gasteiger partial charge in [0, 0.05) is 24.1 Å². The van der Waals surface area contributed by atoms with Crippen LogP contribution in [0.2, 0.25) is 0 Å². The molecular weight excluding hydrogens is 391 g/mol. The molecule has 1 aliphatic heterocycles. The van der Waals surface area contributed by atoms with Gasteiger partial charge < -0.3 is 20.1 Å². The number of nitrogens with zero attached hydrogens (tertiary/aromatic N) is 2. The number of allylic oxidation sites excluding steroid dienone is 6. The minimum Gasteiger partial charge on any atom is -0.481 e. The van der Waals surface area contributed by atoms with Crippen LogP contribution in [0.4, 0.5) is 4.39 Å². The number of halogens is 1. The van der Waals surface area contributed by atoms with Crippen LogP contribution in [0.15, 0.2) is 52.4 Å². The fourth-order valence-electron chi connectivity index (χ4n) is 3.22. The maximum Gasteiger partial charge on any atom is 0.305 e. The Morgan fingerprint density at radius 2 is 2.00 bits per heavy atom. The number of aliphatic hydroxyl groups is 2. The quantitative estimate of drug-likeness (QED) is 0.497. The third-order valence-corrected chi connectivity index (χ3v) is 4.87. The van der Waals surface area contributed by atoms with E-state index in [0.717, 1.165) is 17.7 Å². The molecule has 1 aliphatic carbocycles. The molecule has 8 heteroatoms. The van der Waals surface area contributed by atoms with Crippen molar-refractivity contribution in [1.29, 1.82) is 0 Å². The fraction of sp³-hybridized carbons (Fsp3) is 0.545. The van der Waals surface area contributed by atoms with Gasteiger partial charge in [0.15, 0.2) is 0 Å². The second-order valence-electron chi connectivity index (χ2n) is 7.73. The Morgan fingerprint density at radius 3 is 2.63 bits per heavy atom. The molecule has 2 rings (SSSR count). The van der Waals surface area contributed by atoms with E-state index in [1.807, 2.05) is 26.8 Å². The van der Waals surface area contributed by atoms with E-state index in [-0.39, 0.29) is 24.8 Å². The summed E-state index contributed by atoms with van der Waals surface area (Å²) >= 11 is 0. The highest BCUT2D eigenvalue weighted by atomic mass is 19.1. The van der Waals surface area contributed by atoms with Crippen LogP contribution in [-0.4, -0.2) is 50.8 Å². The molecule has 0 bridgehead atoms. The first kappa shape index (κ1) is 23.8. The molecule has 7 nitrogen and oxygen atoms in total. The molecule has 0 saturated carbocycles. The molecule has 0 spiro atoms. The molecule has 2 aliphatic rings. The summed E-state index contributed by atoms with van der Waals surface area (Å²) in [5.74, 6) is -0.823. The van der Waals surface area contributed by atoms with Crippen LogP contribution >= 0.6 is 0 Å². The van der Waals surface area contributed by atoms with Gasteiger partial charge in [-0.1, -0.05) is 26.8 Å². The van der Waals surface area contributed by atoms with E-state index in [1.165, 1.54) is 12.2 Å². The Labute approximate surface area is 176 Å². The molecule has 0 amide bonds. The third-order valence-electron chi connectivity index (χ3n) is 4.87. The second kappa shape index (κ2) is 11.1. The SMILES string of the molecule is CCC1=NN(C2=CCC=C(F)C=C2)C(OC[C@@H](O)C[C@@H](O)CC(=O)O)=C(C(C)C)C1. The highest BCUT2D eigenvalue weighted by Gasteiger charge is 2.28. The standard InChI is InChI=1S/C22H31FN2O5/c1-4-16-10-20(14(2)3)22(30-13-19(27)11-18(26)12-21(28)29)25(24-16)17-7-5-6-15(23)8-9-17/h6-9,14,18-19,26-27H,4-5,10-13H2,1-3H3,(H,28,29)/t18-,19+/m1/s1. The normalized spacial score (nSPS) is 19.2. The van der Waals surface area contributed by atoms with Crippen molar-refractivity contribution in [3.05, 3.63) is 47.3 Å². The summed E-state index contributed by atoms with van der Waals surface area (Å²) in [6, 6.07) is 0. The van der Waals surface area contributed by atoms with E-state index < -0.39 is 24.6 Å². The first-order valence-electron chi connectivity index (χ1n) is 10.2. The first-order valence-corrected chi connectivity index (χ1v) is 10.2. The summed E-state index contributed by atoms with van der Waals surface area (Å²) in [7, 11) is 0. The van der Waals surface area contributed by atoms with Gasteiger partial charge in [-0.25, -0.2) is 9.40 Å². The van der Waals surface area contributed by atoms with Crippen LogP contribution in [0.1, 0.15) is 52.9 Å². The van der Waals surface area contributed by atoms with Crippen molar-refractivity contribution < 1.29 is 29.2 Å². The van der Waals surface area contributed by atoms with Crippen molar-refractivity contribution in [3.8, 4) is 0 Å². The molecule has 0 unspecified atom stereocenters. The van der Waals surface area contributed by atoms with Gasteiger partial charge >= 0.3 is 5.97 Å². The Kier molecular flexibility index (Phi) is 8.80. The van der Waals surface area contributed by atoms with E-state index in [4.69, 9.17) is 9.84 Å². The van der Waals surface area contributed by atoms with Crippen LogP contribution in [0.5, 0.6) is 0 Å². The van der Waals surface area contributed by atoms with Crippen LogP contribution < -0.4 is 0 Å². The minimum atomic E-state index is -1.16. The minimum absolute atomic E-state index is 0.113. The highest BCUT2D eigenvalue weighted by molar-refractivity contribution is 5.87. The second-order valence-corrected chi connectivity index (χ2v) is 7.73. The number of aliphatic carboxylic acids is 1. The summed E-state index contributed by atoms with van der Waals surface area (Å²) in [5.41, 5.74) is 2.64. The summed E-state index contributed by atoms with van der Waals surface area (Å²) in [6.45, 7) is 5.98. The molecule has 0 fully saturated rings. The van der Waals surface area contributed by atoms with Crippen molar-refractivity contribution in [1.82, 2.24) is 5.01 Å². The number of carboxylic acids is 1. The topological polar surface area (TPSA) is 103 Å². The van der Waals surface area contributed by atoms with Gasteiger partial charge in [-0.3, -0.25) is 4.79 Å². The van der Waals surface area contributed by atoms with E-state index in [2.05, 4.69) is 5.10 Å². The van der Waals surface area contributed by atoms with Gasteiger partial charge in [0.25, 0.3) is 0 Å². The lowest BCUT2D eigenvalue weighted by Crippen LogP contribution is -2.31. The Hall–Kier alpha value is -2.45. The Bertz CT molecular complexity index is 782. The van der Waals surface area contributed by atoms with Crippen molar-refractivity contribution in [3.63, 3.8) is 0 Å². The number of hydrazone groups is 1. The van der Waals surface area contributed by atoms with Gasteiger partial charge in [0.05, 0.1) is 24.3 Å². The van der Waals surface area contributed by atoms with Crippen LogP contribution in [0, 0.1) is 5.92 Å². The molecule has 0 radical (unpaired) electrons. The molecule has 166 valence electrons. The van der Waals surface area contributed by atoms with Crippen molar-refractivity contribution >= 4 is 11.7 Å². The average molecular weight is 422 g/mol. The number of ether oxygens (including phenoxy) is 1. The molecular formula is C22H31FN2O5. The zero-order chi connectivity index (χ0) is 22.3. The summed E-state index contributed by atoms with van der Waals surface area (Å²) in [4.78, 5) is 10.7. The zero-order valence-corrected chi connectivity index (χ0v) is 17.7. The number of rotatable bonds is 10. The first-order chi connectivity index (χ1) is 14.2. The molecule has 1 heterocycles. The number of aliphatic hydroxyl groups excluding tert-OH is 2. The van der Waals surface area contributed by atoms with Gasteiger partial charge in [-0.05, 0) is 37.0 Å². The highest BCUT2D eigenvalue weighted by Crippen LogP contribution is 2.32. The molecule has 0 aromatic heterocycles. The fourth-order valence-corrected chi connectivity index (χ4v) is 3.22. The number of carboxylic acid groups (broad SMARTS) is 1. The van der Waals surface area contributed by atoms with Crippen molar-refractivity contribution in [2.45, 2.75) is 65.1 Å². The van der Waals surface area contributed by atoms with E-state index in [9.17, 15) is 19.4 Å². The van der Waals surface area contributed by atoms with Crippen LogP contribution in [-0.2, 0) is 9.53 Å². The van der Waals surface area contributed by atoms with E-state index in [0.29, 0.717) is 24.4 Å². The number of carbonyl (C=O) groups is 1. The Morgan fingerprint density at radius 1 is 1.27 bits per heavy atom. The number of hydrogen-bond donors (Lipinski definition) is 3. The van der Waals surface area contributed by atoms with Gasteiger partial charge in [-0.15, -0.1) is 0 Å². The monoisotopic (exact) mass is 422 g/mol. The van der Waals surface area contributed by atoms with Gasteiger partial charge in [0.2, 0.25) is 5.88 Å². The van der Waals surface area contributed by atoms with E-state index in [1.54, 1.807) is 11.1 Å². The number of hydrogen-bond acceptors (Lipinski definition) is 6. The largest absolute Gasteiger partial charge is 0.481 e. The predicted octanol–water partition coefficient (Wildman–Crippen LogP) is 3.63. The van der Waals surface area contributed by atoms with Crippen LogP contribution in [0.25, 0.3) is 0 Å². The summed E-state index contributed by atoms with van der Waals surface area (Å²) < 4.78 is 19.6. The zero-order valence-electron chi connectivity index (χ0n) is 17.7. The summed E-state index contributed by atoms with van der Waals surface area (Å²) in [5, 5.41) is 35.0. The third kappa shape index (κ3) is 6.81. The van der Waals surface area contributed by atoms with Crippen molar-refractivity contribution in [2.24, 2.45) is 11.0 Å². The molecule has 3 N–H and O–H groups in total. The summed E-state index contributed by atoms with van der Waals surface area (Å²) in [6.07, 6.45) is 5.38. The maximum atomic E-state index is 13.6. The molecule has 30 heavy (non-hydrogen) atoms. The van der Waals surface area contributed by atoms with Gasteiger partial charge in [0.1, 0.15) is 12.4 Å². The van der Waals surface area contributed by atoms with Crippen molar-refractivity contribution in [2.75, 3.05) is 6.61 Å². The molecule has 0 aromatic carbocycles. The lowest BCUT2D eigenvalue weighted by molar-refractivity contribution is -0.139. The Balaban J connectivity index is 2.23. The molecule has 0 saturated heterocycles. The van der Waals surface area contributed by atoms with Gasteiger partial charge in [-0.2, -0.15) is 5.10 Å². The predicted molar refractivity (Wildman–Crippen MR) is 112 cm³/mol. The molecule has 0 aromatic rings. The molecule has 2 atom stereocenters. The average Bonchev–Trinajstić information content (AvgIpc) is 2.89. The van der Waals surface area contributed by atoms with Crippen LogP contribution in [0.3, 0.4) is 0 Å². The smallest absolute Gasteiger partial charge is 0.305 e. The van der Waals surface area contributed by atoms with E-state index >= 15 is 0 Å².